The molecule has 0 bridgehead atoms. The Hall–Kier alpha value is -1.96. The Balaban J connectivity index is 2.04. The summed E-state index contributed by atoms with van der Waals surface area (Å²) in [5.41, 5.74) is 7.91. The van der Waals surface area contributed by atoms with Crippen LogP contribution in [0, 0.1) is 19.8 Å². The highest BCUT2D eigenvalue weighted by Gasteiger charge is 2.41. The first-order valence-corrected chi connectivity index (χ1v) is 9.24. The fourth-order valence-electron chi connectivity index (χ4n) is 3.93. The van der Waals surface area contributed by atoms with Gasteiger partial charge in [0.25, 0.3) is 0 Å². The number of pyridine rings is 2. The lowest BCUT2D eigenvalue weighted by atomic mass is 9.62. The molecule has 0 radical (unpaired) electrons. The molecule has 2 heterocycles. The van der Waals surface area contributed by atoms with Crippen LogP contribution < -0.4 is 0 Å². The molecule has 0 saturated carbocycles. The quantitative estimate of drug-likeness (QED) is 0.666. The van der Waals surface area contributed by atoms with Crippen LogP contribution in [0.15, 0.2) is 42.2 Å². The van der Waals surface area contributed by atoms with Crippen molar-refractivity contribution in [3.8, 4) is 0 Å². The van der Waals surface area contributed by atoms with Crippen LogP contribution in [0.5, 0.6) is 0 Å². The molecule has 0 saturated heterocycles. The maximum Gasteiger partial charge on any atom is 0.0664 e. The average Bonchev–Trinajstić information content (AvgIpc) is 2.58. The Labute approximate surface area is 146 Å². The van der Waals surface area contributed by atoms with E-state index in [4.69, 9.17) is 9.97 Å². The van der Waals surface area contributed by atoms with E-state index in [9.17, 15) is 0 Å². The Bertz CT molecular complexity index is 711. The molecule has 0 N–H and O–H groups in total. The normalized spacial score (nSPS) is 20.2. The molecule has 126 valence electrons. The van der Waals surface area contributed by atoms with Gasteiger partial charge in [-0.1, -0.05) is 44.4 Å². The molecular weight excluding hydrogens is 292 g/mol. The van der Waals surface area contributed by atoms with Crippen LogP contribution in [-0.4, -0.2) is 9.97 Å². The van der Waals surface area contributed by atoms with Gasteiger partial charge < -0.3 is 0 Å². The van der Waals surface area contributed by atoms with Gasteiger partial charge in [0.15, 0.2) is 0 Å². The number of nitrogens with zero attached hydrogens (tertiary/aromatic N) is 2. The Morgan fingerprint density at radius 3 is 2.12 bits per heavy atom. The van der Waals surface area contributed by atoms with E-state index in [0.29, 0.717) is 11.8 Å². The molecule has 24 heavy (non-hydrogen) atoms. The molecule has 0 unspecified atom stereocenters. The maximum atomic E-state index is 4.75. The molecule has 0 aromatic carbocycles. The fraction of sp³-hybridized carbons (Fsp3) is 0.455. The average molecular weight is 320 g/mol. The van der Waals surface area contributed by atoms with Crippen LogP contribution in [0.2, 0.25) is 0 Å². The van der Waals surface area contributed by atoms with Gasteiger partial charge in [0.2, 0.25) is 0 Å². The molecule has 2 aromatic rings. The summed E-state index contributed by atoms with van der Waals surface area (Å²) in [6, 6.07) is 8.79. The summed E-state index contributed by atoms with van der Waals surface area (Å²) in [6.07, 6.45) is 8.72. The summed E-state index contributed by atoms with van der Waals surface area (Å²) in [7, 11) is 0. The topological polar surface area (TPSA) is 25.8 Å². The zero-order valence-electron chi connectivity index (χ0n) is 15.3. The molecule has 1 aliphatic rings. The molecule has 0 aliphatic heterocycles. The van der Waals surface area contributed by atoms with Gasteiger partial charge in [-0.25, -0.2) is 0 Å². The molecule has 2 heteroatoms. The van der Waals surface area contributed by atoms with E-state index in [1.54, 1.807) is 5.57 Å². The van der Waals surface area contributed by atoms with Gasteiger partial charge in [-0.05, 0) is 61.4 Å². The minimum absolute atomic E-state index is 0.476. The summed E-state index contributed by atoms with van der Waals surface area (Å²) in [5.74, 6) is 1.03. The third-order valence-electron chi connectivity index (χ3n) is 5.05. The van der Waals surface area contributed by atoms with E-state index in [2.05, 4.69) is 52.0 Å². The lowest BCUT2D eigenvalue weighted by Crippen LogP contribution is -2.29. The van der Waals surface area contributed by atoms with Crippen LogP contribution in [0.25, 0.3) is 5.57 Å². The maximum absolute atomic E-state index is 4.75. The molecule has 2 atom stereocenters. The molecule has 0 fully saturated rings. The first kappa shape index (κ1) is 16.9. The first-order chi connectivity index (χ1) is 11.7. The van der Waals surface area contributed by atoms with Crippen molar-refractivity contribution in [3.05, 3.63) is 64.7 Å². The largest absolute Gasteiger partial charge is 0.260 e. The second-order valence-corrected chi connectivity index (χ2v) is 7.04. The smallest absolute Gasteiger partial charge is 0.0664 e. The van der Waals surface area contributed by atoms with Gasteiger partial charge in [0.05, 0.1) is 5.69 Å². The van der Waals surface area contributed by atoms with Crippen LogP contribution in [0.3, 0.4) is 0 Å². The van der Waals surface area contributed by atoms with Gasteiger partial charge in [0.1, 0.15) is 0 Å². The molecule has 0 spiro atoms. The lowest BCUT2D eigenvalue weighted by molar-refractivity contribution is 0.455. The zero-order valence-corrected chi connectivity index (χ0v) is 15.3. The van der Waals surface area contributed by atoms with E-state index in [0.717, 1.165) is 6.42 Å². The van der Waals surface area contributed by atoms with Crippen molar-refractivity contribution >= 4 is 5.57 Å². The van der Waals surface area contributed by atoms with Gasteiger partial charge in [-0.3, -0.25) is 9.97 Å². The minimum Gasteiger partial charge on any atom is -0.260 e. The van der Waals surface area contributed by atoms with Crippen molar-refractivity contribution in [2.24, 2.45) is 5.92 Å². The lowest BCUT2D eigenvalue weighted by Gasteiger charge is -2.42. The van der Waals surface area contributed by atoms with Crippen molar-refractivity contribution in [1.29, 1.82) is 0 Å². The Kier molecular flexibility index (Phi) is 5.13. The number of aryl methyl sites for hydroxylation is 2. The number of aromatic nitrogens is 2. The first-order valence-electron chi connectivity index (χ1n) is 9.24. The van der Waals surface area contributed by atoms with Gasteiger partial charge in [-0.2, -0.15) is 0 Å². The monoisotopic (exact) mass is 320 g/mol. The standard InChI is InChI=1S/C22H28N2/c1-5-7-17-21(19-11-9-15(3)13-23-19)18(8-6-2)22(17)20-12-10-16(4)14-24-20/h9-14,17,21H,5-8H2,1-4H3/t17-,21-/m1/s1. The van der Waals surface area contributed by atoms with Gasteiger partial charge in [0, 0.05) is 24.0 Å². The van der Waals surface area contributed by atoms with Crippen LogP contribution in [-0.2, 0) is 0 Å². The highest BCUT2D eigenvalue weighted by Crippen LogP contribution is 2.55. The zero-order chi connectivity index (χ0) is 17.1. The highest BCUT2D eigenvalue weighted by atomic mass is 14.7. The summed E-state index contributed by atoms with van der Waals surface area (Å²) in [6.45, 7) is 8.74. The van der Waals surface area contributed by atoms with Crippen molar-refractivity contribution in [2.45, 2.75) is 59.3 Å². The van der Waals surface area contributed by atoms with E-state index >= 15 is 0 Å². The molecule has 2 nitrogen and oxygen atoms in total. The third-order valence-corrected chi connectivity index (χ3v) is 5.05. The predicted molar refractivity (Wildman–Crippen MR) is 101 cm³/mol. The summed E-state index contributed by atoms with van der Waals surface area (Å²) < 4.78 is 0. The third kappa shape index (κ3) is 3.15. The molecule has 1 aliphatic carbocycles. The summed E-state index contributed by atoms with van der Waals surface area (Å²) >= 11 is 0. The molecule has 2 aromatic heterocycles. The van der Waals surface area contributed by atoms with Crippen LogP contribution >= 0.6 is 0 Å². The van der Waals surface area contributed by atoms with Crippen molar-refractivity contribution in [3.63, 3.8) is 0 Å². The van der Waals surface area contributed by atoms with E-state index in [1.165, 1.54) is 47.4 Å². The number of hydrogen-bond acceptors (Lipinski definition) is 2. The molecule has 3 rings (SSSR count). The van der Waals surface area contributed by atoms with Gasteiger partial charge >= 0.3 is 0 Å². The summed E-state index contributed by atoms with van der Waals surface area (Å²) in [5, 5.41) is 0. The second-order valence-electron chi connectivity index (χ2n) is 7.04. The van der Waals surface area contributed by atoms with E-state index < -0.39 is 0 Å². The predicted octanol–water partition coefficient (Wildman–Crippen LogP) is 5.86. The van der Waals surface area contributed by atoms with Crippen molar-refractivity contribution in [2.75, 3.05) is 0 Å². The minimum atomic E-state index is 0.476. The van der Waals surface area contributed by atoms with Crippen LogP contribution in [0.1, 0.15) is 68.0 Å². The SMILES string of the molecule is CCCC1=C(c2ccc(C)cn2)[C@H](CCC)[C@H]1c1ccc(C)cn1. The number of hydrogen-bond donors (Lipinski definition) is 0. The van der Waals surface area contributed by atoms with Gasteiger partial charge in [-0.15, -0.1) is 0 Å². The number of rotatable bonds is 6. The Morgan fingerprint density at radius 2 is 1.58 bits per heavy atom. The summed E-state index contributed by atoms with van der Waals surface area (Å²) in [4.78, 5) is 9.48. The van der Waals surface area contributed by atoms with E-state index in [1.807, 2.05) is 12.4 Å². The molecule has 0 amide bonds. The Morgan fingerprint density at radius 1 is 0.875 bits per heavy atom. The van der Waals surface area contributed by atoms with Crippen molar-refractivity contribution in [1.82, 2.24) is 9.97 Å². The van der Waals surface area contributed by atoms with Crippen molar-refractivity contribution < 1.29 is 0 Å². The van der Waals surface area contributed by atoms with Crippen LogP contribution in [0.4, 0.5) is 0 Å². The highest BCUT2D eigenvalue weighted by molar-refractivity contribution is 5.77. The second kappa shape index (κ2) is 7.29. The fourth-order valence-corrected chi connectivity index (χ4v) is 3.93. The molecular formula is C22H28N2. The van der Waals surface area contributed by atoms with E-state index in [-0.39, 0.29) is 0 Å². The number of allylic oxidation sites excluding steroid dienone is 2.